The van der Waals surface area contributed by atoms with Crippen molar-refractivity contribution in [2.24, 2.45) is 0 Å². The van der Waals surface area contributed by atoms with Crippen LogP contribution in [0.1, 0.15) is 41.6 Å². The molecule has 0 radical (unpaired) electrons. The van der Waals surface area contributed by atoms with E-state index < -0.39 is 10.0 Å². The number of hydrogen-bond acceptors (Lipinski definition) is 5. The lowest BCUT2D eigenvalue weighted by Gasteiger charge is -2.34. The maximum atomic E-state index is 13.1. The molecule has 0 spiro atoms. The molecule has 1 saturated heterocycles. The summed E-state index contributed by atoms with van der Waals surface area (Å²) in [7, 11) is -3.55. The van der Waals surface area contributed by atoms with Gasteiger partial charge < -0.3 is 9.42 Å². The molecule has 1 amide bonds. The summed E-state index contributed by atoms with van der Waals surface area (Å²) >= 11 is 5.96. The number of aromatic nitrogens is 1. The van der Waals surface area contributed by atoms with Crippen molar-refractivity contribution in [3.05, 3.63) is 45.8 Å². The molecule has 0 saturated carbocycles. The Morgan fingerprint density at radius 1 is 1.13 bits per heavy atom. The summed E-state index contributed by atoms with van der Waals surface area (Å²) in [6.07, 6.45) is 4.99. The van der Waals surface area contributed by atoms with Crippen molar-refractivity contribution in [1.29, 1.82) is 0 Å². The normalized spacial score (nSPS) is 17.7. The molecule has 1 aliphatic heterocycles. The van der Waals surface area contributed by atoms with Gasteiger partial charge in [0.25, 0.3) is 0 Å². The highest BCUT2D eigenvalue weighted by molar-refractivity contribution is 7.89. The quantitative estimate of drug-likeness (QED) is 0.697. The minimum Gasteiger partial charge on any atom is -0.344 e. The second kappa shape index (κ2) is 8.69. The van der Waals surface area contributed by atoms with Crippen LogP contribution in [0.4, 0.5) is 0 Å². The van der Waals surface area contributed by atoms with E-state index in [0.29, 0.717) is 49.6 Å². The number of amides is 1. The summed E-state index contributed by atoms with van der Waals surface area (Å²) in [6.45, 7) is 3.18. The summed E-state index contributed by atoms with van der Waals surface area (Å²) in [5.74, 6) is -0.0162. The topological polar surface area (TPSA) is 83.7 Å². The Hall–Kier alpha value is -1.90. The van der Waals surface area contributed by atoms with E-state index in [1.54, 1.807) is 17.9 Å². The molecule has 0 unspecified atom stereocenters. The van der Waals surface area contributed by atoms with Crippen LogP contribution in [0.15, 0.2) is 27.6 Å². The van der Waals surface area contributed by atoms with E-state index >= 15 is 0 Å². The number of nitrogens with zero attached hydrogens (tertiary/aromatic N) is 3. The summed E-state index contributed by atoms with van der Waals surface area (Å²) in [5.41, 5.74) is 3.85. The van der Waals surface area contributed by atoms with E-state index in [1.807, 2.05) is 12.1 Å². The monoisotopic (exact) mass is 451 g/mol. The molecule has 9 heteroatoms. The number of aryl methyl sites for hydroxylation is 3. The Labute approximate surface area is 182 Å². The molecular weight excluding hydrogens is 426 g/mol. The Bertz CT molecular complexity index is 1020. The third-order valence-corrected chi connectivity index (χ3v) is 8.27. The van der Waals surface area contributed by atoms with E-state index in [4.69, 9.17) is 16.1 Å². The molecule has 1 aliphatic carbocycles. The second-order valence-electron chi connectivity index (χ2n) is 7.94. The molecule has 162 valence electrons. The lowest BCUT2D eigenvalue weighted by molar-refractivity contribution is -0.132. The van der Waals surface area contributed by atoms with Gasteiger partial charge in [0.15, 0.2) is 0 Å². The molecule has 4 rings (SSSR count). The van der Waals surface area contributed by atoms with Crippen molar-refractivity contribution in [3.63, 3.8) is 0 Å². The van der Waals surface area contributed by atoms with E-state index in [0.717, 1.165) is 36.8 Å². The zero-order valence-corrected chi connectivity index (χ0v) is 18.6. The van der Waals surface area contributed by atoms with Crippen molar-refractivity contribution in [1.82, 2.24) is 14.4 Å². The van der Waals surface area contributed by atoms with Crippen molar-refractivity contribution in [2.45, 2.75) is 50.3 Å². The first kappa shape index (κ1) is 21.3. The highest BCUT2D eigenvalue weighted by atomic mass is 35.5. The summed E-state index contributed by atoms with van der Waals surface area (Å²) in [5, 5.41) is 4.02. The maximum Gasteiger partial charge on any atom is 0.243 e. The maximum absolute atomic E-state index is 13.1. The average molecular weight is 452 g/mol. The minimum atomic E-state index is -3.55. The first-order valence-electron chi connectivity index (χ1n) is 10.4. The highest BCUT2D eigenvalue weighted by Crippen LogP contribution is 2.26. The number of fused-ring (bicyclic) bond motifs is 1. The fourth-order valence-corrected chi connectivity index (χ4v) is 5.97. The average Bonchev–Trinajstić information content (AvgIpc) is 3.09. The number of carbonyl (C=O) groups excluding carboxylic acids is 1. The molecule has 1 aromatic heterocycles. The van der Waals surface area contributed by atoms with Gasteiger partial charge in [-0.15, -0.1) is 0 Å². The van der Waals surface area contributed by atoms with Gasteiger partial charge in [-0.2, -0.15) is 4.31 Å². The third kappa shape index (κ3) is 4.26. The van der Waals surface area contributed by atoms with Gasteiger partial charge in [-0.05, 0) is 73.9 Å². The zero-order valence-electron chi connectivity index (χ0n) is 17.1. The Morgan fingerprint density at radius 2 is 1.83 bits per heavy atom. The Morgan fingerprint density at radius 3 is 2.50 bits per heavy atom. The fraction of sp³-hybridized carbons (Fsp3) is 0.524. The second-order valence-corrected chi connectivity index (χ2v) is 10.2. The molecule has 2 heterocycles. The third-order valence-electron chi connectivity index (χ3n) is 6.07. The zero-order chi connectivity index (χ0) is 21.3. The number of halogens is 1. The lowest BCUT2D eigenvalue weighted by atomic mass is 9.92. The van der Waals surface area contributed by atoms with Gasteiger partial charge in [0.1, 0.15) is 0 Å². The first-order valence-corrected chi connectivity index (χ1v) is 12.2. The van der Waals surface area contributed by atoms with Crippen molar-refractivity contribution in [2.75, 3.05) is 26.2 Å². The van der Waals surface area contributed by atoms with E-state index in [9.17, 15) is 13.2 Å². The number of benzene rings is 1. The van der Waals surface area contributed by atoms with Crippen molar-refractivity contribution < 1.29 is 17.7 Å². The molecule has 7 nitrogen and oxygen atoms in total. The minimum absolute atomic E-state index is 0.0162. The predicted octanol–water partition coefficient (Wildman–Crippen LogP) is 2.98. The number of hydrogen-bond donors (Lipinski definition) is 0. The van der Waals surface area contributed by atoms with Gasteiger partial charge in [-0.1, -0.05) is 11.2 Å². The number of carbonyl (C=O) groups is 1. The fourth-order valence-electron chi connectivity index (χ4n) is 4.23. The van der Waals surface area contributed by atoms with Gasteiger partial charge in [0.2, 0.25) is 21.1 Å². The number of sulfonamides is 1. The highest BCUT2D eigenvalue weighted by Gasteiger charge is 2.30. The van der Waals surface area contributed by atoms with Gasteiger partial charge in [-0.25, -0.2) is 8.42 Å². The molecule has 1 fully saturated rings. The van der Waals surface area contributed by atoms with Gasteiger partial charge >= 0.3 is 0 Å². The Balaban J connectivity index is 1.36. The summed E-state index contributed by atoms with van der Waals surface area (Å²) in [4.78, 5) is 14.6. The van der Waals surface area contributed by atoms with Crippen LogP contribution in [0.25, 0.3) is 0 Å². The summed E-state index contributed by atoms with van der Waals surface area (Å²) in [6, 6.07) is 5.52. The molecule has 0 bridgehead atoms. The Kier molecular flexibility index (Phi) is 6.18. The molecule has 2 aliphatic rings. The van der Waals surface area contributed by atoms with Crippen LogP contribution in [-0.2, 0) is 34.1 Å². The molecule has 2 aromatic rings. The van der Waals surface area contributed by atoms with E-state index in [-0.39, 0.29) is 11.1 Å². The van der Waals surface area contributed by atoms with Crippen LogP contribution in [-0.4, -0.2) is 54.9 Å². The van der Waals surface area contributed by atoms with Crippen molar-refractivity contribution in [3.8, 4) is 0 Å². The van der Waals surface area contributed by atoms with Crippen LogP contribution in [0.2, 0.25) is 5.22 Å². The van der Waals surface area contributed by atoms with Crippen LogP contribution in [0.3, 0.4) is 0 Å². The molecule has 0 N–H and O–H groups in total. The lowest BCUT2D eigenvalue weighted by Crippen LogP contribution is -2.50. The van der Waals surface area contributed by atoms with Crippen LogP contribution in [0.5, 0.6) is 0 Å². The molecule has 30 heavy (non-hydrogen) atoms. The standard InChI is InChI=1S/C21H26ClN3O4S/c1-15-19(21(22)29-23-15)8-9-20(26)24-10-12-25(13-11-24)30(27,28)18-7-6-16-4-2-3-5-17(16)14-18/h6-7,14H,2-5,8-13H2,1H3. The van der Waals surface area contributed by atoms with Gasteiger partial charge in [0.05, 0.1) is 10.6 Å². The van der Waals surface area contributed by atoms with E-state index in [2.05, 4.69) is 5.16 Å². The van der Waals surface area contributed by atoms with Crippen molar-refractivity contribution >= 4 is 27.5 Å². The first-order chi connectivity index (χ1) is 14.4. The predicted molar refractivity (Wildman–Crippen MR) is 113 cm³/mol. The van der Waals surface area contributed by atoms with Gasteiger partial charge in [-0.3, -0.25) is 4.79 Å². The molecule has 0 atom stereocenters. The number of rotatable bonds is 5. The van der Waals surface area contributed by atoms with E-state index in [1.165, 1.54) is 9.87 Å². The van der Waals surface area contributed by atoms with Crippen LogP contribution >= 0.6 is 11.6 Å². The SMILES string of the molecule is Cc1noc(Cl)c1CCC(=O)N1CCN(S(=O)(=O)c2ccc3c(c2)CCCC3)CC1. The van der Waals surface area contributed by atoms with Crippen LogP contribution in [0, 0.1) is 6.92 Å². The largest absolute Gasteiger partial charge is 0.344 e. The van der Waals surface area contributed by atoms with Gasteiger partial charge in [0, 0.05) is 38.2 Å². The number of piperazine rings is 1. The summed E-state index contributed by atoms with van der Waals surface area (Å²) < 4.78 is 32.6. The molecular formula is C21H26ClN3O4S. The van der Waals surface area contributed by atoms with Crippen LogP contribution < -0.4 is 0 Å². The smallest absolute Gasteiger partial charge is 0.243 e. The molecule has 1 aromatic carbocycles.